The summed E-state index contributed by atoms with van der Waals surface area (Å²) in [5, 5.41) is 6.29. The molecule has 0 spiro atoms. The maximum Gasteiger partial charge on any atom is 0.271 e. The summed E-state index contributed by atoms with van der Waals surface area (Å²) in [6.07, 6.45) is 0.737. The van der Waals surface area contributed by atoms with E-state index in [0.717, 1.165) is 10.9 Å². The van der Waals surface area contributed by atoms with Crippen LogP contribution in [0, 0.1) is 23.2 Å². The Morgan fingerprint density at radius 2 is 2.09 bits per heavy atom. The van der Waals surface area contributed by atoms with Crippen LogP contribution >= 0.6 is 0 Å². The fraction of sp³-hybridized carbons (Fsp3) is 0.520. The molecule has 1 aromatic heterocycles. The van der Waals surface area contributed by atoms with Gasteiger partial charge in [0.15, 0.2) is 0 Å². The van der Waals surface area contributed by atoms with E-state index in [4.69, 9.17) is 10.5 Å². The van der Waals surface area contributed by atoms with Gasteiger partial charge in [0.1, 0.15) is 23.5 Å². The monoisotopic (exact) mass is 481 g/mol. The zero-order valence-electron chi connectivity index (χ0n) is 20.1. The Labute approximate surface area is 202 Å². The summed E-state index contributed by atoms with van der Waals surface area (Å²) < 4.78 is 5.40. The molecule has 3 aliphatic rings. The van der Waals surface area contributed by atoms with Gasteiger partial charge in [-0.05, 0) is 48.3 Å². The molecule has 0 radical (unpaired) electrons. The predicted molar refractivity (Wildman–Crippen MR) is 127 cm³/mol. The quantitative estimate of drug-likeness (QED) is 0.461. The van der Waals surface area contributed by atoms with Crippen LogP contribution in [0.15, 0.2) is 24.3 Å². The number of amides is 4. The molecule has 3 fully saturated rings. The fourth-order valence-corrected chi connectivity index (χ4v) is 6.03. The lowest BCUT2D eigenvalue weighted by Crippen LogP contribution is -2.55. The predicted octanol–water partition coefficient (Wildman–Crippen LogP) is 0.769. The number of primary amides is 1. The first-order chi connectivity index (χ1) is 16.6. The van der Waals surface area contributed by atoms with Crippen LogP contribution in [0.3, 0.4) is 0 Å². The van der Waals surface area contributed by atoms with Crippen molar-refractivity contribution in [2.24, 2.45) is 28.9 Å². The first kappa shape index (κ1) is 23.2. The van der Waals surface area contributed by atoms with Gasteiger partial charge in [0, 0.05) is 29.9 Å². The van der Waals surface area contributed by atoms with Crippen molar-refractivity contribution in [2.45, 2.75) is 38.8 Å². The van der Waals surface area contributed by atoms with Gasteiger partial charge >= 0.3 is 0 Å². The molecule has 2 aromatic rings. The van der Waals surface area contributed by atoms with E-state index < -0.39 is 23.9 Å². The number of hydrogen-bond acceptors (Lipinski definition) is 5. The molecule has 4 amide bonds. The van der Waals surface area contributed by atoms with Crippen LogP contribution in [0.1, 0.15) is 37.2 Å². The van der Waals surface area contributed by atoms with E-state index in [2.05, 4.69) is 29.5 Å². The molecular weight excluding hydrogens is 450 g/mol. The molecule has 1 saturated carbocycles. The highest BCUT2D eigenvalue weighted by Crippen LogP contribution is 2.65. The highest BCUT2D eigenvalue weighted by atomic mass is 16.5. The molecule has 2 saturated heterocycles. The molecule has 3 unspecified atom stereocenters. The first-order valence-corrected chi connectivity index (χ1v) is 12.0. The Balaban J connectivity index is 1.39. The minimum Gasteiger partial charge on any atom is -0.496 e. The van der Waals surface area contributed by atoms with Gasteiger partial charge in [-0.25, -0.2) is 0 Å². The van der Waals surface area contributed by atoms with Crippen molar-refractivity contribution >= 4 is 34.5 Å². The fourth-order valence-electron chi connectivity index (χ4n) is 6.03. The number of methoxy groups -OCH3 is 1. The van der Waals surface area contributed by atoms with Crippen LogP contribution in [0.4, 0.5) is 0 Å². The second-order valence-electron chi connectivity index (χ2n) is 10.4. The van der Waals surface area contributed by atoms with Gasteiger partial charge < -0.3 is 31.0 Å². The van der Waals surface area contributed by atoms with Crippen LogP contribution in [-0.4, -0.2) is 65.8 Å². The second kappa shape index (κ2) is 8.28. The number of carbonyl (C=O) groups is 4. The molecule has 10 heteroatoms. The number of likely N-dealkylation sites (tertiary alicyclic amines) is 1. The maximum atomic E-state index is 13.6. The lowest BCUT2D eigenvalue weighted by atomic mass is 9.96. The molecule has 186 valence electrons. The summed E-state index contributed by atoms with van der Waals surface area (Å²) in [6.45, 7) is 5.17. The van der Waals surface area contributed by atoms with Gasteiger partial charge in [-0.1, -0.05) is 19.9 Å². The number of nitrogens with two attached hydrogens (primary N) is 1. The minimum atomic E-state index is -0.980. The molecule has 2 aliphatic heterocycles. The first-order valence-electron chi connectivity index (χ1n) is 12.0. The van der Waals surface area contributed by atoms with Gasteiger partial charge in [0.2, 0.25) is 17.7 Å². The number of H-pyrrole nitrogens is 1. The molecule has 3 heterocycles. The van der Waals surface area contributed by atoms with Gasteiger partial charge in [-0.15, -0.1) is 0 Å². The summed E-state index contributed by atoms with van der Waals surface area (Å²) in [5.74, 6) is -1.07. The highest BCUT2D eigenvalue weighted by Gasteiger charge is 2.69. The Morgan fingerprint density at radius 1 is 1.31 bits per heavy atom. The molecule has 5 N–H and O–H groups in total. The number of fused-ring (bicyclic) bond motifs is 2. The molecular formula is C25H31N5O5. The van der Waals surface area contributed by atoms with Crippen molar-refractivity contribution in [3.63, 3.8) is 0 Å². The van der Waals surface area contributed by atoms with E-state index in [1.54, 1.807) is 18.1 Å². The standard InChI is InChI=1S/C25H31N5O5/c1-25(2)14-11-30(24(34)17-10-13-15(28-17)5-4-6-18(13)35-3)20(19(14)25)23(33)29-16(21(26)31)9-12-7-8-27-22(12)32/h4-6,10,12,14,16,19-20,28H,7-9,11H2,1-3H3,(H2,26,31)(H,27,32)(H,29,33)/t12-,14?,16-,19?,20?/m0/s1. The molecule has 35 heavy (non-hydrogen) atoms. The number of piperidine rings is 1. The number of ether oxygens (including phenoxy) is 1. The van der Waals surface area contributed by atoms with Gasteiger partial charge in [0.25, 0.3) is 5.91 Å². The second-order valence-corrected chi connectivity index (χ2v) is 10.4. The smallest absolute Gasteiger partial charge is 0.271 e. The van der Waals surface area contributed by atoms with E-state index >= 15 is 0 Å². The van der Waals surface area contributed by atoms with Crippen LogP contribution in [0.25, 0.3) is 10.9 Å². The van der Waals surface area contributed by atoms with Crippen molar-refractivity contribution < 1.29 is 23.9 Å². The Hall–Kier alpha value is -3.56. The number of hydrogen-bond donors (Lipinski definition) is 4. The third-order valence-electron chi connectivity index (χ3n) is 8.16. The Kier molecular flexibility index (Phi) is 5.49. The van der Waals surface area contributed by atoms with Crippen molar-refractivity contribution in [1.82, 2.24) is 20.5 Å². The molecule has 5 atom stereocenters. The summed E-state index contributed by atoms with van der Waals surface area (Å²) in [5.41, 5.74) is 6.63. The van der Waals surface area contributed by atoms with E-state index in [0.29, 0.717) is 31.0 Å². The van der Waals surface area contributed by atoms with Gasteiger partial charge in [-0.2, -0.15) is 0 Å². The van der Waals surface area contributed by atoms with E-state index in [9.17, 15) is 19.2 Å². The van der Waals surface area contributed by atoms with E-state index in [1.165, 1.54) is 0 Å². The van der Waals surface area contributed by atoms with Crippen LogP contribution < -0.4 is 21.1 Å². The zero-order chi connectivity index (χ0) is 25.1. The zero-order valence-corrected chi connectivity index (χ0v) is 20.1. The summed E-state index contributed by atoms with van der Waals surface area (Å²) in [6, 6.07) is 5.56. The van der Waals surface area contributed by atoms with Crippen LogP contribution in [-0.2, 0) is 14.4 Å². The maximum absolute atomic E-state index is 13.6. The van der Waals surface area contributed by atoms with Crippen LogP contribution in [0.2, 0.25) is 0 Å². The summed E-state index contributed by atoms with van der Waals surface area (Å²) in [4.78, 5) is 56.0. The Morgan fingerprint density at radius 3 is 2.74 bits per heavy atom. The van der Waals surface area contributed by atoms with Gasteiger partial charge in [-0.3, -0.25) is 19.2 Å². The number of aromatic amines is 1. The normalized spacial score (nSPS) is 27.3. The Bertz CT molecular complexity index is 1220. The number of carbonyl (C=O) groups excluding carboxylic acids is 4. The summed E-state index contributed by atoms with van der Waals surface area (Å²) in [7, 11) is 1.57. The molecule has 10 nitrogen and oxygen atoms in total. The topological polar surface area (TPSA) is 147 Å². The molecule has 1 aromatic carbocycles. The third-order valence-corrected chi connectivity index (χ3v) is 8.16. The van der Waals surface area contributed by atoms with Crippen molar-refractivity contribution in [3.8, 4) is 5.75 Å². The SMILES string of the molecule is COc1cccc2[nH]c(C(=O)N3CC4C(C3C(=O)N[C@@H](C[C@@H]3CCNC3=O)C(N)=O)C4(C)C)cc12. The van der Waals surface area contributed by atoms with Crippen LogP contribution in [0.5, 0.6) is 5.75 Å². The molecule has 1 aliphatic carbocycles. The van der Waals surface area contributed by atoms with Crippen molar-refractivity contribution in [2.75, 3.05) is 20.2 Å². The number of rotatable bonds is 7. The molecule has 0 bridgehead atoms. The van der Waals surface area contributed by atoms with E-state index in [1.807, 2.05) is 18.2 Å². The average Bonchev–Trinajstić information content (AvgIpc) is 3.33. The number of benzene rings is 1. The molecule has 5 rings (SSSR count). The third kappa shape index (κ3) is 3.81. The number of nitrogens with zero attached hydrogens (tertiary/aromatic N) is 1. The lowest BCUT2D eigenvalue weighted by molar-refractivity contribution is -0.131. The highest BCUT2D eigenvalue weighted by molar-refractivity contribution is 6.02. The largest absolute Gasteiger partial charge is 0.496 e. The van der Waals surface area contributed by atoms with Crippen molar-refractivity contribution in [3.05, 3.63) is 30.0 Å². The number of nitrogens with one attached hydrogen (secondary N) is 3. The average molecular weight is 482 g/mol. The van der Waals surface area contributed by atoms with Gasteiger partial charge in [0.05, 0.1) is 7.11 Å². The van der Waals surface area contributed by atoms with E-state index in [-0.39, 0.29) is 41.4 Å². The minimum absolute atomic E-state index is 0.0197. The number of aromatic nitrogens is 1. The lowest BCUT2D eigenvalue weighted by Gasteiger charge is -2.31. The summed E-state index contributed by atoms with van der Waals surface area (Å²) >= 11 is 0. The van der Waals surface area contributed by atoms with Crippen molar-refractivity contribution in [1.29, 1.82) is 0 Å².